The Morgan fingerprint density at radius 3 is 2.79 bits per heavy atom. The molecule has 0 saturated carbocycles. The highest BCUT2D eigenvalue weighted by Gasteiger charge is 2.11. The fourth-order valence-electron chi connectivity index (χ4n) is 2.04. The first kappa shape index (κ1) is 15.2. The van der Waals surface area contributed by atoms with Crippen molar-refractivity contribution in [3.63, 3.8) is 0 Å². The lowest BCUT2D eigenvalue weighted by Gasteiger charge is -2.15. The summed E-state index contributed by atoms with van der Waals surface area (Å²) < 4.78 is 0. The number of H-pyrrole nitrogens is 1. The maximum atomic E-state index is 11.6. The van der Waals surface area contributed by atoms with Crippen molar-refractivity contribution in [2.24, 2.45) is 5.92 Å². The van der Waals surface area contributed by atoms with Gasteiger partial charge in [-0.25, -0.2) is 0 Å². The van der Waals surface area contributed by atoms with Gasteiger partial charge in [-0.15, -0.1) is 0 Å². The summed E-state index contributed by atoms with van der Waals surface area (Å²) in [7, 11) is 0. The van der Waals surface area contributed by atoms with E-state index in [-0.39, 0.29) is 12.3 Å². The van der Waals surface area contributed by atoms with E-state index in [2.05, 4.69) is 22.4 Å². The normalized spacial score (nSPS) is 12.1. The van der Waals surface area contributed by atoms with Crippen molar-refractivity contribution in [3.8, 4) is 0 Å². The van der Waals surface area contributed by atoms with Gasteiger partial charge in [0.2, 0.25) is 0 Å². The second kappa shape index (κ2) is 8.29. The first-order valence-electron chi connectivity index (χ1n) is 6.62. The molecule has 1 unspecified atom stereocenters. The van der Waals surface area contributed by atoms with Crippen LogP contribution in [0, 0.1) is 5.92 Å². The number of nitrogens with one attached hydrogen (secondary N) is 2. The van der Waals surface area contributed by atoms with E-state index in [1.54, 1.807) is 6.07 Å². The van der Waals surface area contributed by atoms with Gasteiger partial charge in [0, 0.05) is 19.2 Å². The van der Waals surface area contributed by atoms with Gasteiger partial charge in [-0.2, -0.15) is 5.10 Å². The summed E-state index contributed by atoms with van der Waals surface area (Å²) in [5, 5.41) is 17.8. The van der Waals surface area contributed by atoms with Gasteiger partial charge in [0.1, 0.15) is 5.69 Å². The molecule has 19 heavy (non-hydrogen) atoms. The number of amides is 1. The predicted octanol–water partition coefficient (Wildman–Crippen LogP) is 1.81. The summed E-state index contributed by atoms with van der Waals surface area (Å²) >= 11 is 0. The van der Waals surface area contributed by atoms with E-state index in [9.17, 15) is 9.59 Å². The van der Waals surface area contributed by atoms with E-state index in [1.807, 2.05) is 0 Å². The highest BCUT2D eigenvalue weighted by molar-refractivity contribution is 5.92. The van der Waals surface area contributed by atoms with Gasteiger partial charge in [0.15, 0.2) is 0 Å². The monoisotopic (exact) mass is 267 g/mol. The van der Waals surface area contributed by atoms with Gasteiger partial charge in [-0.1, -0.05) is 19.8 Å². The van der Waals surface area contributed by atoms with Crippen LogP contribution in [0.15, 0.2) is 12.3 Å². The van der Waals surface area contributed by atoms with Crippen LogP contribution in [0.1, 0.15) is 49.5 Å². The van der Waals surface area contributed by atoms with Crippen LogP contribution in [-0.2, 0) is 4.79 Å². The van der Waals surface area contributed by atoms with Crippen molar-refractivity contribution in [2.75, 3.05) is 6.54 Å². The lowest BCUT2D eigenvalue weighted by Crippen LogP contribution is -2.26. The molecule has 0 fully saturated rings. The van der Waals surface area contributed by atoms with Crippen molar-refractivity contribution in [1.29, 1.82) is 0 Å². The molecule has 6 nitrogen and oxygen atoms in total. The largest absolute Gasteiger partial charge is 0.481 e. The molecule has 0 aliphatic rings. The number of rotatable bonds is 9. The molecule has 1 rings (SSSR count). The van der Waals surface area contributed by atoms with Crippen LogP contribution in [0.3, 0.4) is 0 Å². The molecule has 1 aromatic heterocycles. The van der Waals surface area contributed by atoms with Crippen LogP contribution in [0.25, 0.3) is 0 Å². The molecular weight excluding hydrogens is 246 g/mol. The van der Waals surface area contributed by atoms with Crippen LogP contribution in [0.5, 0.6) is 0 Å². The van der Waals surface area contributed by atoms with E-state index in [1.165, 1.54) is 6.20 Å². The Balaban J connectivity index is 2.27. The average molecular weight is 267 g/mol. The first-order valence-corrected chi connectivity index (χ1v) is 6.62. The highest BCUT2D eigenvalue weighted by Crippen LogP contribution is 2.17. The Morgan fingerprint density at radius 1 is 1.42 bits per heavy atom. The Bertz CT molecular complexity index is 390. The fraction of sp³-hybridized carbons (Fsp3) is 0.615. The molecule has 0 spiro atoms. The summed E-state index contributed by atoms with van der Waals surface area (Å²) in [6.07, 6.45) is 5.22. The molecule has 3 N–H and O–H groups in total. The molecule has 0 aromatic carbocycles. The van der Waals surface area contributed by atoms with Crippen molar-refractivity contribution < 1.29 is 14.7 Å². The zero-order chi connectivity index (χ0) is 14.1. The summed E-state index contributed by atoms with van der Waals surface area (Å²) in [6.45, 7) is 2.64. The summed E-state index contributed by atoms with van der Waals surface area (Å²) in [5.74, 6) is -0.586. The highest BCUT2D eigenvalue weighted by atomic mass is 16.4. The number of aliphatic carboxylic acids is 1. The van der Waals surface area contributed by atoms with Crippen molar-refractivity contribution in [1.82, 2.24) is 15.5 Å². The molecule has 0 radical (unpaired) electrons. The number of hydrogen-bond acceptors (Lipinski definition) is 3. The molecule has 0 aliphatic carbocycles. The summed E-state index contributed by atoms with van der Waals surface area (Å²) in [6, 6.07) is 1.61. The number of nitrogens with zero attached hydrogens (tertiary/aromatic N) is 1. The van der Waals surface area contributed by atoms with Crippen LogP contribution in [-0.4, -0.2) is 33.7 Å². The third-order valence-corrected chi connectivity index (χ3v) is 3.05. The van der Waals surface area contributed by atoms with Crippen molar-refractivity contribution in [2.45, 2.75) is 39.0 Å². The van der Waals surface area contributed by atoms with Gasteiger partial charge in [-0.05, 0) is 24.8 Å². The maximum absolute atomic E-state index is 11.6. The maximum Gasteiger partial charge on any atom is 0.303 e. The zero-order valence-corrected chi connectivity index (χ0v) is 11.2. The van der Waals surface area contributed by atoms with E-state index < -0.39 is 5.97 Å². The SMILES string of the molecule is CCCC(CCNC(=O)c1ccn[nH]1)CCC(=O)O. The Labute approximate surface area is 112 Å². The number of carboxylic acids is 1. The molecule has 0 bridgehead atoms. The van der Waals surface area contributed by atoms with Crippen molar-refractivity contribution in [3.05, 3.63) is 18.0 Å². The lowest BCUT2D eigenvalue weighted by atomic mass is 9.94. The molecule has 1 amide bonds. The molecule has 0 saturated heterocycles. The Hall–Kier alpha value is -1.85. The number of hydrogen-bond donors (Lipinski definition) is 3. The Morgan fingerprint density at radius 2 is 2.21 bits per heavy atom. The molecule has 106 valence electrons. The quantitative estimate of drug-likeness (QED) is 0.636. The molecule has 6 heteroatoms. The fourth-order valence-corrected chi connectivity index (χ4v) is 2.04. The van der Waals surface area contributed by atoms with Crippen LogP contribution >= 0.6 is 0 Å². The third-order valence-electron chi connectivity index (χ3n) is 3.05. The van der Waals surface area contributed by atoms with E-state index in [0.29, 0.717) is 24.6 Å². The van der Waals surface area contributed by atoms with Crippen LogP contribution in [0.2, 0.25) is 0 Å². The molecular formula is C13H21N3O3. The topological polar surface area (TPSA) is 95.1 Å². The second-order valence-corrected chi connectivity index (χ2v) is 4.60. The van der Waals surface area contributed by atoms with Gasteiger partial charge in [-0.3, -0.25) is 14.7 Å². The Kier molecular flexibility index (Phi) is 6.63. The molecule has 1 atom stereocenters. The van der Waals surface area contributed by atoms with Crippen molar-refractivity contribution >= 4 is 11.9 Å². The van der Waals surface area contributed by atoms with Gasteiger partial charge in [0.25, 0.3) is 5.91 Å². The molecule has 1 aromatic rings. The third kappa shape index (κ3) is 6.03. The van der Waals surface area contributed by atoms with E-state index in [0.717, 1.165) is 19.3 Å². The number of aromatic nitrogens is 2. The summed E-state index contributed by atoms with van der Waals surface area (Å²) in [5.41, 5.74) is 0.442. The van der Waals surface area contributed by atoms with Gasteiger partial charge in [0.05, 0.1) is 0 Å². The average Bonchev–Trinajstić information content (AvgIpc) is 2.89. The second-order valence-electron chi connectivity index (χ2n) is 4.60. The minimum atomic E-state index is -0.761. The van der Waals surface area contributed by atoms with Gasteiger partial charge < -0.3 is 10.4 Å². The van der Waals surface area contributed by atoms with Crippen LogP contribution < -0.4 is 5.32 Å². The number of aromatic amines is 1. The standard InChI is InChI=1S/C13H21N3O3/c1-2-3-10(4-5-12(17)18)6-8-14-13(19)11-7-9-15-16-11/h7,9-10H,2-6,8H2,1H3,(H,14,19)(H,15,16)(H,17,18). The molecule has 1 heterocycles. The van der Waals surface area contributed by atoms with Crippen LogP contribution in [0.4, 0.5) is 0 Å². The number of carbonyl (C=O) groups excluding carboxylic acids is 1. The predicted molar refractivity (Wildman–Crippen MR) is 70.8 cm³/mol. The minimum absolute atomic E-state index is 0.175. The van der Waals surface area contributed by atoms with E-state index in [4.69, 9.17) is 5.11 Å². The summed E-state index contributed by atoms with van der Waals surface area (Å²) in [4.78, 5) is 22.2. The first-order chi connectivity index (χ1) is 9.13. The zero-order valence-electron chi connectivity index (χ0n) is 11.2. The smallest absolute Gasteiger partial charge is 0.303 e. The number of carbonyl (C=O) groups is 2. The molecule has 0 aliphatic heterocycles. The van der Waals surface area contributed by atoms with Gasteiger partial charge >= 0.3 is 5.97 Å². The van der Waals surface area contributed by atoms with E-state index >= 15 is 0 Å². The minimum Gasteiger partial charge on any atom is -0.481 e. The number of carboxylic acid groups (broad SMARTS) is 1. The lowest BCUT2D eigenvalue weighted by molar-refractivity contribution is -0.137.